The minimum atomic E-state index is -0.445. The molecule has 2 rings (SSSR count). The lowest BCUT2D eigenvalue weighted by Gasteiger charge is -2.17. The van der Waals surface area contributed by atoms with Crippen LogP contribution in [0.4, 0.5) is 4.39 Å². The van der Waals surface area contributed by atoms with Crippen LogP contribution in [0.25, 0.3) is 0 Å². The molecule has 2 N–H and O–H groups in total. The molecule has 1 unspecified atom stereocenters. The molecule has 6 heteroatoms. The van der Waals surface area contributed by atoms with Gasteiger partial charge < -0.3 is 10.5 Å². The maximum atomic E-state index is 13.4. The van der Waals surface area contributed by atoms with Crippen molar-refractivity contribution in [3.8, 4) is 0 Å². The number of ether oxygens (including phenoxy) is 1. The summed E-state index contributed by atoms with van der Waals surface area (Å²) in [6, 6.07) is 4.19. The number of nitrogens with zero attached hydrogens (tertiary/aromatic N) is 2. The van der Waals surface area contributed by atoms with Crippen LogP contribution in [0, 0.1) is 12.7 Å². The first-order valence-electron chi connectivity index (χ1n) is 6.26. The van der Waals surface area contributed by atoms with Gasteiger partial charge in [-0.2, -0.15) is 5.10 Å². The third kappa shape index (κ3) is 3.08. The highest BCUT2D eigenvalue weighted by Gasteiger charge is 2.20. The fourth-order valence-corrected chi connectivity index (χ4v) is 2.67. The zero-order valence-electron chi connectivity index (χ0n) is 11.4. The first-order chi connectivity index (χ1) is 9.54. The van der Waals surface area contributed by atoms with Crippen molar-refractivity contribution in [2.24, 2.45) is 5.73 Å². The first-order valence-corrected chi connectivity index (χ1v) is 7.05. The molecule has 0 spiro atoms. The van der Waals surface area contributed by atoms with Crippen LogP contribution in [-0.2, 0) is 11.3 Å². The van der Waals surface area contributed by atoms with Crippen LogP contribution in [0.3, 0.4) is 0 Å². The Kier molecular flexibility index (Phi) is 4.91. The van der Waals surface area contributed by atoms with Gasteiger partial charge in [0.2, 0.25) is 0 Å². The molecule has 0 aliphatic heterocycles. The van der Waals surface area contributed by atoms with Gasteiger partial charge in [-0.25, -0.2) is 4.39 Å². The number of methoxy groups -OCH3 is 1. The first kappa shape index (κ1) is 15.2. The van der Waals surface area contributed by atoms with Crippen LogP contribution in [0.2, 0.25) is 0 Å². The summed E-state index contributed by atoms with van der Waals surface area (Å²) in [7, 11) is 1.63. The number of hydrogen-bond donors (Lipinski definition) is 1. The zero-order chi connectivity index (χ0) is 14.7. The summed E-state index contributed by atoms with van der Waals surface area (Å²) in [5.41, 5.74) is 8.82. The molecule has 1 heterocycles. The molecule has 1 aromatic carbocycles. The van der Waals surface area contributed by atoms with Gasteiger partial charge in [0.1, 0.15) is 5.82 Å². The van der Waals surface area contributed by atoms with Crippen LogP contribution in [-0.4, -0.2) is 23.5 Å². The number of rotatable bonds is 5. The van der Waals surface area contributed by atoms with Crippen LogP contribution in [0.5, 0.6) is 0 Å². The van der Waals surface area contributed by atoms with E-state index in [0.717, 1.165) is 21.3 Å². The van der Waals surface area contributed by atoms with Gasteiger partial charge in [0, 0.05) is 7.11 Å². The Morgan fingerprint density at radius 1 is 1.50 bits per heavy atom. The third-order valence-corrected chi connectivity index (χ3v) is 3.82. The molecule has 0 aliphatic rings. The maximum Gasteiger partial charge on any atom is 0.123 e. The minimum absolute atomic E-state index is 0.292. The molecule has 0 saturated carbocycles. The lowest BCUT2D eigenvalue weighted by molar-refractivity contribution is 0.182. The molecule has 0 amide bonds. The van der Waals surface area contributed by atoms with Crippen LogP contribution >= 0.6 is 15.9 Å². The molecule has 20 heavy (non-hydrogen) atoms. The van der Waals surface area contributed by atoms with E-state index in [9.17, 15) is 4.39 Å². The monoisotopic (exact) mass is 341 g/mol. The molecule has 108 valence electrons. The summed E-state index contributed by atoms with van der Waals surface area (Å²) < 4.78 is 21.1. The predicted octanol–water partition coefficient (Wildman–Crippen LogP) is 2.79. The van der Waals surface area contributed by atoms with E-state index in [1.54, 1.807) is 24.1 Å². The highest BCUT2D eigenvalue weighted by atomic mass is 79.9. The van der Waals surface area contributed by atoms with E-state index >= 15 is 0 Å². The van der Waals surface area contributed by atoms with Gasteiger partial charge in [-0.3, -0.25) is 4.68 Å². The largest absolute Gasteiger partial charge is 0.383 e. The molecule has 0 aliphatic carbocycles. The average Bonchev–Trinajstić information content (AvgIpc) is 2.79. The molecule has 0 fully saturated rings. The highest BCUT2D eigenvalue weighted by Crippen LogP contribution is 2.29. The number of benzene rings is 1. The lowest BCUT2D eigenvalue weighted by Crippen LogP contribution is -2.20. The van der Waals surface area contributed by atoms with E-state index in [1.807, 2.05) is 6.92 Å². The second-order valence-electron chi connectivity index (χ2n) is 4.57. The molecule has 0 saturated heterocycles. The van der Waals surface area contributed by atoms with Crippen molar-refractivity contribution in [3.63, 3.8) is 0 Å². The Hall–Kier alpha value is -1.24. The molecule has 1 atom stereocenters. The van der Waals surface area contributed by atoms with Gasteiger partial charge in [0.15, 0.2) is 0 Å². The Labute approximate surface area is 125 Å². The number of halogens is 2. The maximum absolute atomic E-state index is 13.4. The van der Waals surface area contributed by atoms with E-state index in [1.165, 1.54) is 12.1 Å². The van der Waals surface area contributed by atoms with Crippen LogP contribution in [0.15, 0.2) is 28.9 Å². The number of aryl methyl sites for hydroxylation is 1. The number of aromatic nitrogens is 2. The summed E-state index contributed by atoms with van der Waals surface area (Å²) in [4.78, 5) is 0. The fraction of sp³-hybridized carbons (Fsp3) is 0.357. The zero-order valence-corrected chi connectivity index (χ0v) is 13.0. The average molecular weight is 342 g/mol. The Morgan fingerprint density at radius 3 is 2.95 bits per heavy atom. The van der Waals surface area contributed by atoms with Gasteiger partial charge in [0.25, 0.3) is 0 Å². The summed E-state index contributed by atoms with van der Waals surface area (Å²) in [6.07, 6.45) is 1.69. The summed E-state index contributed by atoms with van der Waals surface area (Å²) in [6.45, 7) is 3.05. The van der Waals surface area contributed by atoms with Crippen molar-refractivity contribution in [2.45, 2.75) is 19.5 Å². The highest BCUT2D eigenvalue weighted by molar-refractivity contribution is 9.10. The minimum Gasteiger partial charge on any atom is -0.383 e. The van der Waals surface area contributed by atoms with Gasteiger partial charge in [-0.1, -0.05) is 6.07 Å². The summed E-state index contributed by atoms with van der Waals surface area (Å²) >= 11 is 3.45. The molecule has 1 aromatic heterocycles. The van der Waals surface area contributed by atoms with Gasteiger partial charge in [0.05, 0.1) is 35.6 Å². The van der Waals surface area contributed by atoms with Crippen molar-refractivity contribution >= 4 is 15.9 Å². The number of nitrogens with two attached hydrogens (primary N) is 1. The number of hydrogen-bond acceptors (Lipinski definition) is 3. The lowest BCUT2D eigenvalue weighted by atomic mass is 9.99. The van der Waals surface area contributed by atoms with Crippen molar-refractivity contribution < 1.29 is 9.13 Å². The Bertz CT molecular complexity index is 600. The molecule has 4 nitrogen and oxygen atoms in total. The quantitative estimate of drug-likeness (QED) is 0.909. The molecule has 2 aromatic rings. The normalized spacial score (nSPS) is 12.7. The van der Waals surface area contributed by atoms with Crippen molar-refractivity contribution in [1.29, 1.82) is 0 Å². The smallest absolute Gasteiger partial charge is 0.123 e. The topological polar surface area (TPSA) is 53.1 Å². The predicted molar refractivity (Wildman–Crippen MR) is 79.0 cm³/mol. The van der Waals surface area contributed by atoms with Crippen molar-refractivity contribution in [1.82, 2.24) is 9.78 Å². The second kappa shape index (κ2) is 6.47. The molecule has 0 bridgehead atoms. The fourth-order valence-electron chi connectivity index (χ4n) is 2.13. The molecular formula is C14H17BrFN3O. The molecule has 0 radical (unpaired) electrons. The van der Waals surface area contributed by atoms with Crippen LogP contribution in [0.1, 0.15) is 22.9 Å². The Morgan fingerprint density at radius 2 is 2.25 bits per heavy atom. The van der Waals surface area contributed by atoms with Crippen molar-refractivity contribution in [3.05, 3.63) is 51.5 Å². The standard InChI is InChI=1S/C14H17BrFN3O/c1-9-3-4-10(16)7-11(9)13(17)14-12(15)8-18-19(14)5-6-20-2/h3-4,7-8,13H,5-6,17H2,1-2H3. The Balaban J connectivity index is 2.39. The van der Waals surface area contributed by atoms with Gasteiger partial charge in [-0.05, 0) is 46.1 Å². The van der Waals surface area contributed by atoms with E-state index in [4.69, 9.17) is 10.5 Å². The van der Waals surface area contributed by atoms with E-state index in [0.29, 0.717) is 13.2 Å². The van der Waals surface area contributed by atoms with Gasteiger partial charge in [-0.15, -0.1) is 0 Å². The van der Waals surface area contributed by atoms with E-state index in [-0.39, 0.29) is 5.82 Å². The van der Waals surface area contributed by atoms with E-state index < -0.39 is 6.04 Å². The SMILES string of the molecule is COCCn1ncc(Br)c1C(N)c1cc(F)ccc1C. The van der Waals surface area contributed by atoms with Gasteiger partial charge >= 0.3 is 0 Å². The molecular weight excluding hydrogens is 325 g/mol. The van der Waals surface area contributed by atoms with E-state index in [2.05, 4.69) is 21.0 Å². The third-order valence-electron chi connectivity index (χ3n) is 3.21. The van der Waals surface area contributed by atoms with Crippen molar-refractivity contribution in [2.75, 3.05) is 13.7 Å². The summed E-state index contributed by atoms with van der Waals surface area (Å²) in [5, 5.41) is 4.27. The van der Waals surface area contributed by atoms with Crippen LogP contribution < -0.4 is 5.73 Å². The second-order valence-corrected chi connectivity index (χ2v) is 5.43. The summed E-state index contributed by atoms with van der Waals surface area (Å²) in [5.74, 6) is -0.292.